The molecule has 2 amide bonds. The number of hydrogen-bond donors (Lipinski definition) is 2. The number of nitrogens with zero attached hydrogens (tertiary/aromatic N) is 1. The van der Waals surface area contributed by atoms with Gasteiger partial charge in [-0.3, -0.25) is 4.79 Å². The molecule has 1 aromatic carbocycles. The van der Waals surface area contributed by atoms with Crippen LogP contribution in [0, 0.1) is 11.8 Å². The topological polar surface area (TPSA) is 69.6 Å². The highest BCUT2D eigenvalue weighted by Gasteiger charge is 2.27. The van der Waals surface area contributed by atoms with Crippen molar-refractivity contribution in [3.63, 3.8) is 0 Å². The zero-order chi connectivity index (χ0) is 18.2. The molecule has 1 fully saturated rings. The number of benzene rings is 1. The van der Waals surface area contributed by atoms with Crippen LogP contribution in [0.2, 0.25) is 0 Å². The first-order valence-corrected chi connectivity index (χ1v) is 9.28. The molecule has 1 aliphatic carbocycles. The van der Waals surface area contributed by atoms with Crippen LogP contribution in [0.25, 0.3) is 0 Å². The molecule has 138 valence electrons. The van der Waals surface area contributed by atoms with Gasteiger partial charge in [0.2, 0.25) is 0 Å². The van der Waals surface area contributed by atoms with Crippen molar-refractivity contribution >= 4 is 12.0 Å². The molecular formula is C20H30N2O3. The van der Waals surface area contributed by atoms with Gasteiger partial charge in [0.25, 0.3) is 0 Å². The predicted molar refractivity (Wildman–Crippen MR) is 98.5 cm³/mol. The smallest absolute Gasteiger partial charge is 0.317 e. The van der Waals surface area contributed by atoms with E-state index in [0.717, 1.165) is 25.8 Å². The minimum atomic E-state index is -0.714. The van der Waals surface area contributed by atoms with Crippen molar-refractivity contribution in [1.82, 2.24) is 10.2 Å². The summed E-state index contributed by atoms with van der Waals surface area (Å²) in [6.07, 6.45) is 3.63. The molecule has 0 saturated heterocycles. The Morgan fingerprint density at radius 3 is 2.36 bits per heavy atom. The normalized spacial score (nSPS) is 20.3. The Balaban J connectivity index is 1.86. The summed E-state index contributed by atoms with van der Waals surface area (Å²) in [5.41, 5.74) is 1.23. The van der Waals surface area contributed by atoms with Gasteiger partial charge in [-0.25, -0.2) is 4.79 Å². The molecular weight excluding hydrogens is 316 g/mol. The molecule has 25 heavy (non-hydrogen) atoms. The SMILES string of the molecule is CC(C)CN(CCc1ccccc1)C(=O)NC1CCC(C(=O)O)CC1. The van der Waals surface area contributed by atoms with Crippen molar-refractivity contribution in [2.75, 3.05) is 13.1 Å². The molecule has 5 heteroatoms. The third kappa shape index (κ3) is 6.40. The average Bonchev–Trinajstić information content (AvgIpc) is 2.59. The molecule has 0 atom stereocenters. The fraction of sp³-hybridized carbons (Fsp3) is 0.600. The number of rotatable bonds is 7. The zero-order valence-electron chi connectivity index (χ0n) is 15.3. The lowest BCUT2D eigenvalue weighted by Gasteiger charge is -2.31. The van der Waals surface area contributed by atoms with E-state index >= 15 is 0 Å². The largest absolute Gasteiger partial charge is 0.481 e. The fourth-order valence-electron chi connectivity index (χ4n) is 3.38. The third-order valence-corrected chi connectivity index (χ3v) is 4.79. The van der Waals surface area contributed by atoms with Gasteiger partial charge < -0.3 is 15.3 Å². The number of nitrogens with one attached hydrogen (secondary N) is 1. The highest BCUT2D eigenvalue weighted by atomic mass is 16.4. The number of carboxylic acids is 1. The number of carbonyl (C=O) groups excluding carboxylic acids is 1. The second-order valence-corrected chi connectivity index (χ2v) is 7.41. The van der Waals surface area contributed by atoms with E-state index in [2.05, 4.69) is 31.3 Å². The Morgan fingerprint density at radius 1 is 1.16 bits per heavy atom. The monoisotopic (exact) mass is 346 g/mol. The summed E-state index contributed by atoms with van der Waals surface area (Å²) >= 11 is 0. The van der Waals surface area contributed by atoms with Crippen LogP contribution < -0.4 is 5.32 Å². The van der Waals surface area contributed by atoms with Gasteiger partial charge >= 0.3 is 12.0 Å². The summed E-state index contributed by atoms with van der Waals surface area (Å²) in [6.45, 7) is 5.64. The van der Waals surface area contributed by atoms with Gasteiger partial charge in [0.05, 0.1) is 5.92 Å². The number of carboxylic acid groups (broad SMARTS) is 1. The molecule has 0 aliphatic heterocycles. The highest BCUT2D eigenvalue weighted by Crippen LogP contribution is 2.24. The van der Waals surface area contributed by atoms with Crippen molar-refractivity contribution in [3.05, 3.63) is 35.9 Å². The number of amides is 2. The maximum Gasteiger partial charge on any atom is 0.317 e. The van der Waals surface area contributed by atoms with E-state index in [1.807, 2.05) is 23.1 Å². The Labute approximate surface area is 150 Å². The van der Waals surface area contributed by atoms with Gasteiger partial charge in [0.1, 0.15) is 0 Å². The van der Waals surface area contributed by atoms with Gasteiger partial charge in [-0.2, -0.15) is 0 Å². The fourth-order valence-corrected chi connectivity index (χ4v) is 3.38. The van der Waals surface area contributed by atoms with Crippen LogP contribution >= 0.6 is 0 Å². The summed E-state index contributed by atoms with van der Waals surface area (Å²) < 4.78 is 0. The molecule has 0 bridgehead atoms. The van der Waals surface area contributed by atoms with Crippen LogP contribution in [0.1, 0.15) is 45.1 Å². The molecule has 5 nitrogen and oxygen atoms in total. The van der Waals surface area contributed by atoms with E-state index in [-0.39, 0.29) is 18.0 Å². The molecule has 2 rings (SSSR count). The molecule has 0 radical (unpaired) electrons. The second-order valence-electron chi connectivity index (χ2n) is 7.41. The minimum Gasteiger partial charge on any atom is -0.481 e. The van der Waals surface area contributed by atoms with Crippen LogP contribution in [0.4, 0.5) is 4.79 Å². The Morgan fingerprint density at radius 2 is 1.80 bits per heavy atom. The predicted octanol–water partition coefficient (Wildman–Crippen LogP) is 3.54. The lowest BCUT2D eigenvalue weighted by atomic mass is 9.86. The lowest BCUT2D eigenvalue weighted by Crippen LogP contribution is -2.48. The maximum absolute atomic E-state index is 12.7. The Bertz CT molecular complexity index is 551. The molecule has 0 spiro atoms. The van der Waals surface area contributed by atoms with Crippen LogP contribution in [-0.2, 0) is 11.2 Å². The summed E-state index contributed by atoms with van der Waals surface area (Å²) in [7, 11) is 0. The number of hydrogen-bond acceptors (Lipinski definition) is 2. The van der Waals surface area contributed by atoms with E-state index in [0.29, 0.717) is 25.3 Å². The van der Waals surface area contributed by atoms with Crippen molar-refractivity contribution in [3.8, 4) is 0 Å². The van der Waals surface area contributed by atoms with Gasteiger partial charge in [0.15, 0.2) is 0 Å². The zero-order valence-corrected chi connectivity index (χ0v) is 15.3. The quantitative estimate of drug-likeness (QED) is 0.793. The standard InChI is InChI=1S/C20H30N2O3/c1-15(2)14-22(13-12-16-6-4-3-5-7-16)20(25)21-18-10-8-17(9-11-18)19(23)24/h3-7,15,17-18H,8-14H2,1-2H3,(H,21,25)(H,23,24). The van der Waals surface area contributed by atoms with Gasteiger partial charge in [-0.1, -0.05) is 44.2 Å². The maximum atomic E-state index is 12.7. The van der Waals surface area contributed by atoms with Crippen molar-refractivity contribution in [2.24, 2.45) is 11.8 Å². The van der Waals surface area contributed by atoms with E-state index in [9.17, 15) is 9.59 Å². The Hall–Kier alpha value is -2.04. The van der Waals surface area contributed by atoms with Crippen molar-refractivity contribution in [1.29, 1.82) is 0 Å². The summed E-state index contributed by atoms with van der Waals surface area (Å²) in [4.78, 5) is 25.6. The first kappa shape index (κ1) is 19.3. The van der Waals surface area contributed by atoms with E-state index < -0.39 is 5.97 Å². The molecule has 1 saturated carbocycles. The van der Waals surface area contributed by atoms with E-state index in [1.54, 1.807) is 0 Å². The summed E-state index contributed by atoms with van der Waals surface area (Å²) in [5.74, 6) is -0.559. The lowest BCUT2D eigenvalue weighted by molar-refractivity contribution is -0.142. The first-order chi connectivity index (χ1) is 12.0. The highest BCUT2D eigenvalue weighted by molar-refractivity contribution is 5.74. The molecule has 2 N–H and O–H groups in total. The summed E-state index contributed by atoms with van der Waals surface area (Å²) in [6, 6.07) is 10.3. The van der Waals surface area contributed by atoms with E-state index in [4.69, 9.17) is 5.11 Å². The molecule has 0 heterocycles. The first-order valence-electron chi connectivity index (χ1n) is 9.28. The second kappa shape index (κ2) is 9.44. The van der Waals surface area contributed by atoms with Crippen LogP contribution in [0.5, 0.6) is 0 Å². The number of urea groups is 1. The van der Waals surface area contributed by atoms with Gasteiger partial charge in [-0.05, 0) is 43.6 Å². The van der Waals surface area contributed by atoms with Crippen LogP contribution in [0.15, 0.2) is 30.3 Å². The molecule has 0 aromatic heterocycles. The summed E-state index contributed by atoms with van der Waals surface area (Å²) in [5, 5.41) is 12.2. The van der Waals surface area contributed by atoms with Gasteiger partial charge in [0, 0.05) is 19.1 Å². The van der Waals surface area contributed by atoms with Crippen LogP contribution in [0.3, 0.4) is 0 Å². The molecule has 1 aromatic rings. The average molecular weight is 346 g/mol. The van der Waals surface area contributed by atoms with Gasteiger partial charge in [-0.15, -0.1) is 0 Å². The number of aliphatic carboxylic acids is 1. The van der Waals surface area contributed by atoms with Crippen molar-refractivity contribution in [2.45, 2.75) is 52.0 Å². The Kier molecular flexibility index (Phi) is 7.29. The molecule has 1 aliphatic rings. The van der Waals surface area contributed by atoms with Crippen LogP contribution in [-0.4, -0.2) is 41.1 Å². The molecule has 0 unspecified atom stereocenters. The number of carbonyl (C=O) groups is 2. The van der Waals surface area contributed by atoms with E-state index in [1.165, 1.54) is 5.56 Å². The third-order valence-electron chi connectivity index (χ3n) is 4.79. The minimum absolute atomic E-state index is 0.0246. The van der Waals surface area contributed by atoms with Crippen molar-refractivity contribution < 1.29 is 14.7 Å².